The summed E-state index contributed by atoms with van der Waals surface area (Å²) in [5, 5.41) is 0. The highest BCUT2D eigenvalue weighted by atomic mass is 32.2. The lowest BCUT2D eigenvalue weighted by Crippen LogP contribution is -2.28. The minimum absolute atomic E-state index is 0.292. The predicted octanol–water partition coefficient (Wildman–Crippen LogP) is 2.63. The number of nitrogens with one attached hydrogen (secondary N) is 1. The molecule has 1 saturated heterocycles. The number of likely N-dealkylation sites (tertiary alicyclic amines) is 1. The van der Waals surface area contributed by atoms with Gasteiger partial charge >= 0.3 is 0 Å². The van der Waals surface area contributed by atoms with Gasteiger partial charge < -0.3 is 9.72 Å². The quantitative estimate of drug-likeness (QED) is 0.882. The monoisotopic (exact) mass is 334 g/mol. The van der Waals surface area contributed by atoms with Crippen LogP contribution in [0.3, 0.4) is 0 Å². The zero-order valence-corrected chi connectivity index (χ0v) is 14.1. The summed E-state index contributed by atoms with van der Waals surface area (Å²) in [4.78, 5) is 5.99. The molecule has 2 aromatic rings. The van der Waals surface area contributed by atoms with Crippen LogP contribution in [-0.4, -0.2) is 44.3 Å². The molecule has 5 nitrogen and oxygen atoms in total. The molecule has 2 heterocycles. The van der Waals surface area contributed by atoms with E-state index in [1.807, 2.05) is 12.3 Å². The van der Waals surface area contributed by atoms with Gasteiger partial charge in [-0.2, -0.15) is 0 Å². The van der Waals surface area contributed by atoms with Crippen LogP contribution >= 0.6 is 0 Å². The third-order valence-electron chi connectivity index (χ3n) is 4.23. The van der Waals surface area contributed by atoms with Crippen LogP contribution in [0.2, 0.25) is 0 Å². The van der Waals surface area contributed by atoms with Gasteiger partial charge in [0.15, 0.2) is 9.84 Å². The average molecular weight is 334 g/mol. The Balaban J connectivity index is 1.57. The van der Waals surface area contributed by atoms with Crippen molar-refractivity contribution in [3.8, 4) is 5.75 Å². The number of aromatic amines is 1. The number of benzene rings is 1. The largest absolute Gasteiger partial charge is 0.492 e. The molecule has 0 aliphatic carbocycles. The molecule has 1 fully saturated rings. The summed E-state index contributed by atoms with van der Waals surface area (Å²) in [6.07, 6.45) is 5.51. The predicted molar refractivity (Wildman–Crippen MR) is 89.4 cm³/mol. The van der Waals surface area contributed by atoms with Crippen molar-refractivity contribution < 1.29 is 13.2 Å². The molecule has 3 rings (SSSR count). The Morgan fingerprint density at radius 2 is 2.17 bits per heavy atom. The van der Waals surface area contributed by atoms with Crippen LogP contribution in [-0.2, 0) is 9.84 Å². The van der Waals surface area contributed by atoms with Gasteiger partial charge in [0.2, 0.25) is 0 Å². The summed E-state index contributed by atoms with van der Waals surface area (Å²) in [5.41, 5.74) is 1.25. The van der Waals surface area contributed by atoms with Gasteiger partial charge in [-0.3, -0.25) is 4.90 Å². The van der Waals surface area contributed by atoms with E-state index in [1.165, 1.54) is 18.4 Å². The highest BCUT2D eigenvalue weighted by Gasteiger charge is 2.26. The minimum atomic E-state index is -3.20. The first-order valence-electron chi connectivity index (χ1n) is 7.84. The van der Waals surface area contributed by atoms with E-state index in [2.05, 4.69) is 16.0 Å². The van der Waals surface area contributed by atoms with Gasteiger partial charge in [-0.25, -0.2) is 8.42 Å². The molecular weight excluding hydrogens is 312 g/mol. The SMILES string of the molecule is CS(=O)(=O)c1cccc(OCCN2CCCC2c2ccc[nH]2)c1. The molecule has 0 saturated carbocycles. The molecule has 6 heteroatoms. The van der Waals surface area contributed by atoms with E-state index >= 15 is 0 Å². The van der Waals surface area contributed by atoms with E-state index in [9.17, 15) is 8.42 Å². The van der Waals surface area contributed by atoms with E-state index in [4.69, 9.17) is 4.74 Å². The van der Waals surface area contributed by atoms with Crippen molar-refractivity contribution in [1.82, 2.24) is 9.88 Å². The molecule has 0 amide bonds. The maximum absolute atomic E-state index is 11.6. The van der Waals surface area contributed by atoms with Crippen LogP contribution < -0.4 is 4.74 Å². The van der Waals surface area contributed by atoms with Crippen molar-refractivity contribution in [3.63, 3.8) is 0 Å². The lowest BCUT2D eigenvalue weighted by atomic mass is 10.1. The maximum Gasteiger partial charge on any atom is 0.175 e. The molecule has 0 spiro atoms. The van der Waals surface area contributed by atoms with Gasteiger partial charge in [0.1, 0.15) is 12.4 Å². The average Bonchev–Trinajstić information content (AvgIpc) is 3.17. The summed E-state index contributed by atoms with van der Waals surface area (Å²) in [6.45, 7) is 2.44. The Morgan fingerprint density at radius 3 is 2.91 bits per heavy atom. The second-order valence-electron chi connectivity index (χ2n) is 5.91. The number of nitrogens with zero attached hydrogens (tertiary/aromatic N) is 1. The molecule has 1 N–H and O–H groups in total. The number of hydrogen-bond donors (Lipinski definition) is 1. The molecule has 1 aromatic heterocycles. The van der Waals surface area contributed by atoms with Crippen molar-refractivity contribution in [2.75, 3.05) is 26.0 Å². The van der Waals surface area contributed by atoms with Crippen LogP contribution in [0.4, 0.5) is 0 Å². The molecule has 0 radical (unpaired) electrons. The molecule has 23 heavy (non-hydrogen) atoms. The fraction of sp³-hybridized carbons (Fsp3) is 0.412. The Labute approximate surface area is 137 Å². The third kappa shape index (κ3) is 3.95. The van der Waals surface area contributed by atoms with Gasteiger partial charge in [0.25, 0.3) is 0 Å². The fourth-order valence-corrected chi connectivity index (χ4v) is 3.73. The maximum atomic E-state index is 11.6. The number of hydrogen-bond acceptors (Lipinski definition) is 4. The van der Waals surface area contributed by atoms with E-state index in [-0.39, 0.29) is 0 Å². The molecule has 1 aliphatic heterocycles. The van der Waals surface area contributed by atoms with Crippen LogP contribution in [0.1, 0.15) is 24.6 Å². The lowest BCUT2D eigenvalue weighted by Gasteiger charge is -2.23. The summed E-state index contributed by atoms with van der Waals surface area (Å²) >= 11 is 0. The number of sulfone groups is 1. The second-order valence-corrected chi connectivity index (χ2v) is 7.93. The van der Waals surface area contributed by atoms with E-state index < -0.39 is 9.84 Å². The summed E-state index contributed by atoms with van der Waals surface area (Å²) < 4.78 is 28.9. The molecular formula is C17H22N2O3S. The summed E-state index contributed by atoms with van der Waals surface area (Å²) in [6, 6.07) is 11.3. The van der Waals surface area contributed by atoms with Crippen LogP contribution in [0.5, 0.6) is 5.75 Å². The molecule has 1 aromatic carbocycles. The van der Waals surface area contributed by atoms with Gasteiger partial charge in [0.05, 0.1) is 4.90 Å². The smallest absolute Gasteiger partial charge is 0.175 e. The normalized spacial score (nSPS) is 19.1. The van der Waals surface area contributed by atoms with Crippen molar-refractivity contribution in [3.05, 3.63) is 48.3 Å². The standard InChI is InChI=1S/C17H22N2O3S/c1-23(20,21)15-6-2-5-14(13-15)22-12-11-19-10-4-8-17(19)16-7-3-9-18-16/h2-3,5-7,9,13,17-18H,4,8,10-12H2,1H3. The van der Waals surface area contributed by atoms with Gasteiger partial charge in [-0.1, -0.05) is 6.07 Å². The van der Waals surface area contributed by atoms with E-state index in [0.717, 1.165) is 19.5 Å². The Hall–Kier alpha value is -1.79. The van der Waals surface area contributed by atoms with Crippen LogP contribution in [0, 0.1) is 0 Å². The van der Waals surface area contributed by atoms with Crippen molar-refractivity contribution in [2.24, 2.45) is 0 Å². The number of aromatic nitrogens is 1. The fourth-order valence-electron chi connectivity index (χ4n) is 3.07. The lowest BCUT2D eigenvalue weighted by molar-refractivity contribution is 0.195. The number of ether oxygens (including phenoxy) is 1. The Bertz CT molecular complexity index is 741. The number of rotatable bonds is 6. The highest BCUT2D eigenvalue weighted by molar-refractivity contribution is 7.90. The Morgan fingerprint density at radius 1 is 1.30 bits per heavy atom. The van der Waals surface area contributed by atoms with Gasteiger partial charge in [-0.05, 0) is 49.7 Å². The van der Waals surface area contributed by atoms with E-state index in [0.29, 0.717) is 23.3 Å². The molecule has 0 bridgehead atoms. The second kappa shape index (κ2) is 6.76. The molecule has 1 unspecified atom stereocenters. The molecule has 124 valence electrons. The van der Waals surface area contributed by atoms with Gasteiger partial charge in [-0.15, -0.1) is 0 Å². The zero-order valence-electron chi connectivity index (χ0n) is 13.2. The minimum Gasteiger partial charge on any atom is -0.492 e. The third-order valence-corrected chi connectivity index (χ3v) is 5.34. The van der Waals surface area contributed by atoms with Crippen LogP contribution in [0.15, 0.2) is 47.5 Å². The van der Waals surface area contributed by atoms with Crippen molar-refractivity contribution in [1.29, 1.82) is 0 Å². The summed E-state index contributed by atoms with van der Waals surface area (Å²) in [5.74, 6) is 0.601. The van der Waals surface area contributed by atoms with Crippen LogP contribution in [0.25, 0.3) is 0 Å². The zero-order chi connectivity index (χ0) is 16.3. The molecule has 1 aliphatic rings. The first-order valence-corrected chi connectivity index (χ1v) is 9.73. The van der Waals surface area contributed by atoms with Crippen molar-refractivity contribution >= 4 is 9.84 Å². The topological polar surface area (TPSA) is 62.4 Å². The first kappa shape index (κ1) is 16.1. The van der Waals surface area contributed by atoms with Gasteiger partial charge in [0, 0.05) is 30.7 Å². The van der Waals surface area contributed by atoms with E-state index in [1.54, 1.807) is 24.3 Å². The summed E-state index contributed by atoms with van der Waals surface area (Å²) in [7, 11) is -3.20. The Kier molecular flexibility index (Phi) is 4.73. The number of H-pyrrole nitrogens is 1. The van der Waals surface area contributed by atoms with Crippen molar-refractivity contribution in [2.45, 2.75) is 23.8 Å². The first-order chi connectivity index (χ1) is 11.0. The molecule has 1 atom stereocenters. The highest BCUT2D eigenvalue weighted by Crippen LogP contribution is 2.30.